The molecule has 0 N–H and O–H groups in total. The Morgan fingerprint density at radius 1 is 1.26 bits per heavy atom. The van der Waals surface area contributed by atoms with Crippen LogP contribution in [-0.2, 0) is 0 Å². The molecule has 0 saturated heterocycles. The maximum atomic E-state index is 12.5. The highest BCUT2D eigenvalue weighted by Gasteiger charge is 2.24. The molecule has 2 heterocycles. The van der Waals surface area contributed by atoms with E-state index in [1.165, 1.54) is 0 Å². The SMILES string of the molecule is O=C(c1ccc(Br)nc1)N1CCOc2ccccc21. The van der Waals surface area contributed by atoms with Crippen LogP contribution in [0.2, 0.25) is 0 Å². The minimum absolute atomic E-state index is 0.0595. The minimum atomic E-state index is -0.0595. The molecule has 0 radical (unpaired) electrons. The Kier molecular flexibility index (Phi) is 3.21. The lowest BCUT2D eigenvalue weighted by Crippen LogP contribution is -2.37. The second kappa shape index (κ2) is 5.01. The summed E-state index contributed by atoms with van der Waals surface area (Å²) in [4.78, 5) is 18.3. The fourth-order valence-corrected chi connectivity index (χ4v) is 2.27. The molecule has 5 heteroatoms. The average molecular weight is 319 g/mol. The molecule has 0 atom stereocenters. The number of anilines is 1. The van der Waals surface area contributed by atoms with Crippen molar-refractivity contribution < 1.29 is 9.53 Å². The lowest BCUT2D eigenvalue weighted by molar-refractivity contribution is 0.0976. The lowest BCUT2D eigenvalue weighted by atomic mass is 10.2. The first-order chi connectivity index (χ1) is 9.25. The molecule has 19 heavy (non-hydrogen) atoms. The van der Waals surface area contributed by atoms with Crippen molar-refractivity contribution in [1.82, 2.24) is 4.98 Å². The van der Waals surface area contributed by atoms with Crippen molar-refractivity contribution in [2.75, 3.05) is 18.1 Å². The van der Waals surface area contributed by atoms with Gasteiger partial charge in [-0.05, 0) is 40.2 Å². The number of halogens is 1. The highest BCUT2D eigenvalue weighted by molar-refractivity contribution is 9.10. The standard InChI is InChI=1S/C14H11BrN2O2/c15-13-6-5-10(9-16-13)14(18)17-7-8-19-12-4-2-1-3-11(12)17/h1-6,9H,7-8H2. The van der Waals surface area contributed by atoms with Gasteiger partial charge in [-0.25, -0.2) is 4.98 Å². The van der Waals surface area contributed by atoms with Crippen LogP contribution in [0.5, 0.6) is 5.75 Å². The molecule has 1 aromatic heterocycles. The fraction of sp³-hybridized carbons (Fsp3) is 0.143. The maximum absolute atomic E-state index is 12.5. The van der Waals surface area contributed by atoms with Crippen LogP contribution in [0.1, 0.15) is 10.4 Å². The Bertz CT molecular complexity index is 613. The van der Waals surface area contributed by atoms with Gasteiger partial charge in [-0.2, -0.15) is 0 Å². The van der Waals surface area contributed by atoms with Gasteiger partial charge in [0.1, 0.15) is 17.0 Å². The number of pyridine rings is 1. The second-order valence-electron chi connectivity index (χ2n) is 4.14. The summed E-state index contributed by atoms with van der Waals surface area (Å²) in [5.74, 6) is 0.683. The maximum Gasteiger partial charge on any atom is 0.260 e. The Balaban J connectivity index is 1.95. The summed E-state index contributed by atoms with van der Waals surface area (Å²) in [5, 5.41) is 0. The number of amides is 1. The van der Waals surface area contributed by atoms with Gasteiger partial charge in [0.15, 0.2) is 0 Å². The molecule has 0 saturated carbocycles. The summed E-state index contributed by atoms with van der Waals surface area (Å²) in [6.45, 7) is 1.05. The van der Waals surface area contributed by atoms with E-state index in [0.717, 1.165) is 11.4 Å². The van der Waals surface area contributed by atoms with Crippen LogP contribution in [0.4, 0.5) is 5.69 Å². The van der Waals surface area contributed by atoms with E-state index in [0.29, 0.717) is 23.3 Å². The highest BCUT2D eigenvalue weighted by Crippen LogP contribution is 2.31. The molecule has 4 nitrogen and oxygen atoms in total. The molecule has 1 aliphatic rings. The molecule has 3 rings (SSSR count). The first-order valence-corrected chi connectivity index (χ1v) is 6.70. The van der Waals surface area contributed by atoms with Gasteiger partial charge < -0.3 is 9.64 Å². The number of hydrogen-bond donors (Lipinski definition) is 0. The molecule has 0 aliphatic carbocycles. The fourth-order valence-electron chi connectivity index (χ4n) is 2.04. The molecule has 0 spiro atoms. The van der Waals surface area contributed by atoms with Gasteiger partial charge in [0, 0.05) is 6.20 Å². The van der Waals surface area contributed by atoms with E-state index in [2.05, 4.69) is 20.9 Å². The van der Waals surface area contributed by atoms with Crippen LogP contribution >= 0.6 is 15.9 Å². The second-order valence-corrected chi connectivity index (χ2v) is 4.96. The number of fused-ring (bicyclic) bond motifs is 1. The predicted octanol–water partition coefficient (Wildman–Crippen LogP) is 2.88. The molecular weight excluding hydrogens is 308 g/mol. The van der Waals surface area contributed by atoms with Crippen LogP contribution in [-0.4, -0.2) is 24.0 Å². The third kappa shape index (κ3) is 2.33. The van der Waals surface area contributed by atoms with Gasteiger partial charge >= 0.3 is 0 Å². The van der Waals surface area contributed by atoms with Crippen LogP contribution in [0.15, 0.2) is 47.2 Å². The van der Waals surface area contributed by atoms with Crippen molar-refractivity contribution in [2.24, 2.45) is 0 Å². The molecule has 2 aromatic rings. The van der Waals surface area contributed by atoms with Crippen molar-refractivity contribution in [3.63, 3.8) is 0 Å². The van der Waals surface area contributed by atoms with E-state index >= 15 is 0 Å². The van der Waals surface area contributed by atoms with Gasteiger partial charge in [-0.1, -0.05) is 12.1 Å². The summed E-state index contributed by atoms with van der Waals surface area (Å²) in [7, 11) is 0. The molecular formula is C14H11BrN2O2. The Morgan fingerprint density at radius 3 is 2.89 bits per heavy atom. The zero-order valence-electron chi connectivity index (χ0n) is 10.0. The number of aromatic nitrogens is 1. The van der Waals surface area contributed by atoms with Crippen LogP contribution in [0.3, 0.4) is 0 Å². The number of ether oxygens (including phenoxy) is 1. The summed E-state index contributed by atoms with van der Waals surface area (Å²) >= 11 is 3.26. The first-order valence-electron chi connectivity index (χ1n) is 5.91. The van der Waals surface area contributed by atoms with E-state index < -0.39 is 0 Å². The molecule has 1 aromatic carbocycles. The summed E-state index contributed by atoms with van der Waals surface area (Å²) in [6.07, 6.45) is 1.57. The van der Waals surface area contributed by atoms with Crippen molar-refractivity contribution in [1.29, 1.82) is 0 Å². The van der Waals surface area contributed by atoms with Crippen molar-refractivity contribution in [3.05, 3.63) is 52.8 Å². The normalized spacial score (nSPS) is 13.6. The summed E-state index contributed by atoms with van der Waals surface area (Å²) in [6, 6.07) is 11.1. The van der Waals surface area contributed by atoms with Gasteiger partial charge in [-0.3, -0.25) is 4.79 Å². The van der Waals surface area contributed by atoms with Crippen LogP contribution in [0, 0.1) is 0 Å². The molecule has 1 aliphatic heterocycles. The van der Waals surface area contributed by atoms with E-state index in [4.69, 9.17) is 4.74 Å². The molecule has 0 fully saturated rings. The Hall–Kier alpha value is -1.88. The zero-order valence-corrected chi connectivity index (χ0v) is 11.6. The third-order valence-corrected chi connectivity index (χ3v) is 3.42. The van der Waals surface area contributed by atoms with E-state index in [-0.39, 0.29) is 5.91 Å². The number of rotatable bonds is 1. The van der Waals surface area contributed by atoms with Gasteiger partial charge in [0.2, 0.25) is 0 Å². The topological polar surface area (TPSA) is 42.4 Å². The average Bonchev–Trinajstić information content (AvgIpc) is 2.47. The number of para-hydroxylation sites is 2. The monoisotopic (exact) mass is 318 g/mol. The van der Waals surface area contributed by atoms with E-state index in [1.807, 2.05) is 24.3 Å². The van der Waals surface area contributed by atoms with Crippen LogP contribution in [0.25, 0.3) is 0 Å². The smallest absolute Gasteiger partial charge is 0.260 e. The molecule has 0 unspecified atom stereocenters. The number of benzene rings is 1. The van der Waals surface area contributed by atoms with Gasteiger partial charge in [0.25, 0.3) is 5.91 Å². The van der Waals surface area contributed by atoms with Gasteiger partial charge in [-0.15, -0.1) is 0 Å². The Labute approximate surface area is 119 Å². The largest absolute Gasteiger partial charge is 0.490 e. The summed E-state index contributed by atoms with van der Waals surface area (Å²) < 4.78 is 6.26. The molecule has 0 bridgehead atoms. The summed E-state index contributed by atoms with van der Waals surface area (Å²) in [5.41, 5.74) is 1.38. The molecule has 1 amide bonds. The zero-order chi connectivity index (χ0) is 13.2. The third-order valence-electron chi connectivity index (χ3n) is 2.95. The van der Waals surface area contributed by atoms with Crippen molar-refractivity contribution in [3.8, 4) is 5.75 Å². The predicted molar refractivity (Wildman–Crippen MR) is 75.6 cm³/mol. The quantitative estimate of drug-likeness (QED) is 0.759. The van der Waals surface area contributed by atoms with Gasteiger partial charge in [0.05, 0.1) is 17.8 Å². The highest BCUT2D eigenvalue weighted by atomic mass is 79.9. The number of carbonyl (C=O) groups excluding carboxylic acids is 1. The number of nitrogens with zero attached hydrogens (tertiary/aromatic N) is 2. The lowest BCUT2D eigenvalue weighted by Gasteiger charge is -2.29. The number of hydrogen-bond acceptors (Lipinski definition) is 3. The number of carbonyl (C=O) groups is 1. The molecule has 96 valence electrons. The Morgan fingerprint density at radius 2 is 2.11 bits per heavy atom. The van der Waals surface area contributed by atoms with E-state index in [1.54, 1.807) is 23.2 Å². The van der Waals surface area contributed by atoms with Crippen LogP contribution < -0.4 is 9.64 Å². The van der Waals surface area contributed by atoms with E-state index in [9.17, 15) is 4.79 Å². The first kappa shape index (κ1) is 12.2. The van der Waals surface area contributed by atoms with Crippen molar-refractivity contribution in [2.45, 2.75) is 0 Å². The minimum Gasteiger partial charge on any atom is -0.490 e. The van der Waals surface area contributed by atoms with Crippen molar-refractivity contribution >= 4 is 27.5 Å².